The molecule has 0 aliphatic carbocycles. The number of hydrogen-bond acceptors (Lipinski definition) is 6. The van der Waals surface area contributed by atoms with Crippen LogP contribution in [-0.4, -0.2) is 25.3 Å². The van der Waals surface area contributed by atoms with Crippen molar-refractivity contribution in [2.24, 2.45) is 0 Å². The summed E-state index contributed by atoms with van der Waals surface area (Å²) in [6.45, 7) is 0. The Balaban J connectivity index is 1.83. The van der Waals surface area contributed by atoms with Gasteiger partial charge in [0.2, 0.25) is 0 Å². The van der Waals surface area contributed by atoms with Crippen LogP contribution >= 0.6 is 11.3 Å². The maximum absolute atomic E-state index is 9.58. The van der Waals surface area contributed by atoms with E-state index in [-0.39, 0.29) is 5.75 Å². The van der Waals surface area contributed by atoms with Gasteiger partial charge in [0.05, 0.1) is 11.1 Å². The number of fused-ring (bicyclic) bond motifs is 1. The molecular weight excluding hydrogens is 298 g/mol. The van der Waals surface area contributed by atoms with E-state index in [1.807, 2.05) is 23.6 Å². The van der Waals surface area contributed by atoms with E-state index in [4.69, 9.17) is 0 Å². The Morgan fingerprint density at radius 1 is 1.14 bits per heavy atom. The van der Waals surface area contributed by atoms with Crippen molar-refractivity contribution in [3.8, 4) is 16.5 Å². The summed E-state index contributed by atoms with van der Waals surface area (Å²) < 4.78 is 0. The van der Waals surface area contributed by atoms with Crippen molar-refractivity contribution in [1.82, 2.24) is 20.2 Å². The van der Waals surface area contributed by atoms with Gasteiger partial charge in [0.1, 0.15) is 16.8 Å². The van der Waals surface area contributed by atoms with Gasteiger partial charge in [-0.05, 0) is 23.6 Å². The fourth-order valence-electron chi connectivity index (χ4n) is 2.17. The van der Waals surface area contributed by atoms with Crippen LogP contribution in [-0.2, 0) is 0 Å². The van der Waals surface area contributed by atoms with Gasteiger partial charge < -0.3 is 10.4 Å². The number of H-pyrrole nitrogens is 1. The van der Waals surface area contributed by atoms with Gasteiger partial charge in [-0.1, -0.05) is 12.1 Å². The molecule has 3 heterocycles. The lowest BCUT2D eigenvalue weighted by Gasteiger charge is -2.08. The van der Waals surface area contributed by atoms with Crippen molar-refractivity contribution in [3.05, 3.63) is 48.0 Å². The molecule has 0 atom stereocenters. The molecule has 7 heteroatoms. The third-order valence-corrected chi connectivity index (χ3v) is 4.02. The van der Waals surface area contributed by atoms with Crippen LogP contribution in [0.15, 0.2) is 48.0 Å². The second-order valence-electron chi connectivity index (χ2n) is 4.68. The van der Waals surface area contributed by atoms with Crippen LogP contribution in [0.1, 0.15) is 0 Å². The van der Waals surface area contributed by atoms with Crippen molar-refractivity contribution in [2.45, 2.75) is 0 Å². The zero-order valence-corrected chi connectivity index (χ0v) is 12.1. The Morgan fingerprint density at radius 3 is 2.91 bits per heavy atom. The van der Waals surface area contributed by atoms with E-state index in [9.17, 15) is 5.11 Å². The van der Waals surface area contributed by atoms with Gasteiger partial charge in [0, 0.05) is 11.8 Å². The van der Waals surface area contributed by atoms with Gasteiger partial charge in [0.25, 0.3) is 0 Å². The molecular formula is C15H11N5OS. The second kappa shape index (κ2) is 5.12. The minimum atomic E-state index is 0.193. The summed E-state index contributed by atoms with van der Waals surface area (Å²) in [5.41, 5.74) is 2.21. The van der Waals surface area contributed by atoms with Crippen molar-refractivity contribution >= 4 is 33.9 Å². The molecule has 0 saturated heterocycles. The summed E-state index contributed by atoms with van der Waals surface area (Å²) in [6.07, 6.45) is 1.67. The smallest absolute Gasteiger partial charge is 0.172 e. The van der Waals surface area contributed by atoms with Crippen LogP contribution in [0.2, 0.25) is 0 Å². The van der Waals surface area contributed by atoms with Gasteiger partial charge in [-0.2, -0.15) is 5.10 Å². The third kappa shape index (κ3) is 2.27. The average Bonchev–Trinajstić information content (AvgIpc) is 3.18. The Labute approximate surface area is 129 Å². The van der Waals surface area contributed by atoms with E-state index >= 15 is 0 Å². The predicted molar refractivity (Wildman–Crippen MR) is 86.4 cm³/mol. The summed E-state index contributed by atoms with van der Waals surface area (Å²) in [5, 5.41) is 21.7. The molecule has 0 unspecified atom stereocenters. The van der Waals surface area contributed by atoms with Gasteiger partial charge in [0.15, 0.2) is 11.6 Å². The molecule has 6 nitrogen and oxygen atoms in total. The van der Waals surface area contributed by atoms with E-state index in [1.54, 1.807) is 35.7 Å². The molecule has 4 aromatic rings. The van der Waals surface area contributed by atoms with Crippen molar-refractivity contribution in [2.75, 3.05) is 5.32 Å². The maximum Gasteiger partial charge on any atom is 0.172 e. The highest BCUT2D eigenvalue weighted by Crippen LogP contribution is 2.28. The first-order chi connectivity index (χ1) is 10.8. The SMILES string of the molecule is Oc1cccc(Nc2nc(-c3cccs3)nc3cn[nH]c23)c1. The summed E-state index contributed by atoms with van der Waals surface area (Å²) in [5.74, 6) is 1.46. The molecule has 0 spiro atoms. The lowest BCUT2D eigenvalue weighted by atomic mass is 10.3. The highest BCUT2D eigenvalue weighted by molar-refractivity contribution is 7.13. The number of nitrogens with one attached hydrogen (secondary N) is 2. The summed E-state index contributed by atoms with van der Waals surface area (Å²) in [7, 11) is 0. The lowest BCUT2D eigenvalue weighted by molar-refractivity contribution is 0.475. The monoisotopic (exact) mass is 309 g/mol. The number of thiophene rings is 1. The van der Waals surface area contributed by atoms with E-state index in [1.165, 1.54) is 0 Å². The third-order valence-electron chi connectivity index (χ3n) is 3.15. The molecule has 0 radical (unpaired) electrons. The van der Waals surface area contributed by atoms with Gasteiger partial charge >= 0.3 is 0 Å². The van der Waals surface area contributed by atoms with E-state index in [0.717, 1.165) is 21.6 Å². The zero-order valence-electron chi connectivity index (χ0n) is 11.3. The Kier molecular flexibility index (Phi) is 2.97. The zero-order chi connectivity index (χ0) is 14.9. The van der Waals surface area contributed by atoms with E-state index in [2.05, 4.69) is 25.5 Å². The number of aromatic amines is 1. The van der Waals surface area contributed by atoms with Crippen LogP contribution in [0.25, 0.3) is 21.7 Å². The molecule has 4 rings (SSSR count). The van der Waals surface area contributed by atoms with Crippen molar-refractivity contribution in [3.63, 3.8) is 0 Å². The van der Waals surface area contributed by atoms with Crippen LogP contribution in [0, 0.1) is 0 Å². The standard InChI is InChI=1S/C15H11N5OS/c21-10-4-1-3-9(7-10)17-15-13-11(8-16-20-13)18-14(19-15)12-5-2-6-22-12/h1-8,21H,(H,16,20)(H,17,18,19). The fourth-order valence-corrected chi connectivity index (χ4v) is 2.82. The Hall–Kier alpha value is -2.93. The van der Waals surface area contributed by atoms with E-state index in [0.29, 0.717) is 11.6 Å². The number of phenolic OH excluding ortho intramolecular Hbond substituents is 1. The number of rotatable bonds is 3. The van der Waals surface area contributed by atoms with Gasteiger partial charge in [-0.15, -0.1) is 11.3 Å². The summed E-state index contributed by atoms with van der Waals surface area (Å²) in [6, 6.07) is 10.8. The number of aromatic nitrogens is 4. The highest BCUT2D eigenvalue weighted by atomic mass is 32.1. The quantitative estimate of drug-likeness (QED) is 0.539. The molecule has 0 aliphatic heterocycles. The molecule has 22 heavy (non-hydrogen) atoms. The summed E-state index contributed by atoms with van der Waals surface area (Å²) in [4.78, 5) is 10.1. The number of benzene rings is 1. The second-order valence-corrected chi connectivity index (χ2v) is 5.63. The first-order valence-corrected chi connectivity index (χ1v) is 7.48. The molecule has 3 aromatic heterocycles. The van der Waals surface area contributed by atoms with Gasteiger partial charge in [-0.25, -0.2) is 9.97 Å². The average molecular weight is 309 g/mol. The lowest BCUT2D eigenvalue weighted by Crippen LogP contribution is -1.98. The first kappa shape index (κ1) is 12.8. The topological polar surface area (TPSA) is 86.7 Å². The largest absolute Gasteiger partial charge is 0.508 e. The maximum atomic E-state index is 9.58. The molecule has 0 bridgehead atoms. The highest BCUT2D eigenvalue weighted by Gasteiger charge is 2.12. The number of aromatic hydroxyl groups is 1. The number of phenols is 1. The van der Waals surface area contributed by atoms with Crippen LogP contribution < -0.4 is 5.32 Å². The van der Waals surface area contributed by atoms with Crippen LogP contribution in [0.3, 0.4) is 0 Å². The predicted octanol–water partition coefficient (Wildman–Crippen LogP) is 3.53. The van der Waals surface area contributed by atoms with Gasteiger partial charge in [-0.3, -0.25) is 5.10 Å². The molecule has 3 N–H and O–H groups in total. The van der Waals surface area contributed by atoms with Crippen LogP contribution in [0.4, 0.5) is 11.5 Å². The van der Waals surface area contributed by atoms with Crippen LogP contribution in [0.5, 0.6) is 5.75 Å². The van der Waals surface area contributed by atoms with Crippen molar-refractivity contribution in [1.29, 1.82) is 0 Å². The number of anilines is 2. The number of nitrogens with zero attached hydrogens (tertiary/aromatic N) is 3. The minimum Gasteiger partial charge on any atom is -0.508 e. The molecule has 0 aliphatic rings. The fraction of sp³-hybridized carbons (Fsp3) is 0. The normalized spacial score (nSPS) is 10.9. The van der Waals surface area contributed by atoms with Crippen molar-refractivity contribution < 1.29 is 5.11 Å². The molecule has 0 fully saturated rings. The molecule has 0 saturated carbocycles. The Morgan fingerprint density at radius 2 is 2.09 bits per heavy atom. The molecule has 1 aromatic carbocycles. The number of hydrogen-bond donors (Lipinski definition) is 3. The summed E-state index contributed by atoms with van der Waals surface area (Å²) >= 11 is 1.58. The first-order valence-electron chi connectivity index (χ1n) is 6.61. The minimum absolute atomic E-state index is 0.193. The van der Waals surface area contributed by atoms with E-state index < -0.39 is 0 Å². The molecule has 108 valence electrons. The molecule has 0 amide bonds. The Bertz CT molecular complexity index is 932.